The Balaban J connectivity index is 1.08. The smallest absolute Gasteiger partial charge is 0.339 e. The molecule has 11 nitrogen and oxygen atoms in total. The molecule has 0 unspecified atom stereocenters. The predicted molar refractivity (Wildman–Crippen MR) is 208 cm³/mol. The van der Waals surface area contributed by atoms with Gasteiger partial charge in [-0.3, -0.25) is 19.2 Å². The van der Waals surface area contributed by atoms with Gasteiger partial charge in [0.2, 0.25) is 11.6 Å². The van der Waals surface area contributed by atoms with Gasteiger partial charge in [0.15, 0.2) is 12.2 Å². The number of hydrogen-bond acceptors (Lipinski definition) is 10. The minimum absolute atomic E-state index is 0.0431. The van der Waals surface area contributed by atoms with Crippen LogP contribution in [0.1, 0.15) is 85.5 Å². The third kappa shape index (κ3) is 7.80. The van der Waals surface area contributed by atoms with E-state index in [9.17, 15) is 28.8 Å². The van der Waals surface area contributed by atoms with E-state index in [1.54, 1.807) is 109 Å². The molecule has 1 aliphatic rings. The van der Waals surface area contributed by atoms with Gasteiger partial charge in [-0.05, 0) is 91.0 Å². The molecular formula is C46H33NO10. The maximum absolute atomic E-state index is 13.7. The number of benzene rings is 6. The van der Waals surface area contributed by atoms with Crippen molar-refractivity contribution in [3.8, 4) is 11.5 Å². The summed E-state index contributed by atoms with van der Waals surface area (Å²) < 4.78 is 21.9. The van der Waals surface area contributed by atoms with Crippen molar-refractivity contribution in [1.29, 1.82) is 0 Å². The van der Waals surface area contributed by atoms with Crippen LogP contribution in [0.3, 0.4) is 0 Å². The lowest BCUT2D eigenvalue weighted by atomic mass is 9.99. The Morgan fingerprint density at radius 3 is 1.32 bits per heavy atom. The summed E-state index contributed by atoms with van der Waals surface area (Å²) in [5.41, 5.74) is 1.71. The van der Waals surface area contributed by atoms with Crippen LogP contribution >= 0.6 is 0 Å². The van der Waals surface area contributed by atoms with Crippen molar-refractivity contribution in [2.75, 3.05) is 19.1 Å². The Labute approximate surface area is 327 Å². The number of imide groups is 1. The first kappa shape index (κ1) is 37.6. The Kier molecular flexibility index (Phi) is 10.8. The lowest BCUT2D eigenvalue weighted by molar-refractivity contribution is 0.0278. The Hall–Kier alpha value is -7.66. The molecule has 282 valence electrons. The average Bonchev–Trinajstić information content (AvgIpc) is 3.52. The average molecular weight is 760 g/mol. The summed E-state index contributed by atoms with van der Waals surface area (Å²) in [6.07, 6.45) is -2.56. The molecule has 0 aromatic heterocycles. The minimum Gasteiger partial charge on any atom is -0.497 e. The van der Waals surface area contributed by atoms with Crippen LogP contribution in [0.4, 0.5) is 5.69 Å². The third-order valence-corrected chi connectivity index (χ3v) is 9.36. The van der Waals surface area contributed by atoms with E-state index in [4.69, 9.17) is 18.9 Å². The van der Waals surface area contributed by atoms with Gasteiger partial charge in [-0.25, -0.2) is 14.5 Å². The van der Waals surface area contributed by atoms with Crippen molar-refractivity contribution in [2.24, 2.45) is 0 Å². The van der Waals surface area contributed by atoms with Crippen molar-refractivity contribution >= 4 is 41.0 Å². The fourth-order valence-corrected chi connectivity index (χ4v) is 6.31. The second kappa shape index (κ2) is 16.4. The number of rotatable bonds is 13. The zero-order valence-electron chi connectivity index (χ0n) is 30.6. The van der Waals surface area contributed by atoms with Gasteiger partial charge in [0.05, 0.1) is 42.2 Å². The fraction of sp³-hybridized carbons (Fsp3) is 0.0870. The zero-order chi connectivity index (χ0) is 40.1. The van der Waals surface area contributed by atoms with E-state index in [2.05, 4.69) is 0 Å². The summed E-state index contributed by atoms with van der Waals surface area (Å²) in [4.78, 5) is 82.3. The number of amides is 2. The molecule has 0 radical (unpaired) electrons. The highest BCUT2D eigenvalue weighted by Gasteiger charge is 2.38. The number of ether oxygens (including phenoxy) is 4. The van der Waals surface area contributed by atoms with E-state index in [-0.39, 0.29) is 27.9 Å². The lowest BCUT2D eigenvalue weighted by Gasteiger charge is -2.18. The Bertz CT molecular complexity index is 2480. The highest BCUT2D eigenvalue weighted by atomic mass is 16.6. The summed E-state index contributed by atoms with van der Waals surface area (Å²) >= 11 is 0. The number of fused-ring (bicyclic) bond motifs is 1. The van der Waals surface area contributed by atoms with E-state index in [0.29, 0.717) is 33.8 Å². The SMILES string of the molecule is COc1ccc(C(=O)[C@@H](OC(=O)c2ccc3c(c2)C(=O)N(c2ccc(C(=O)O[C@@H](C(=O)c4ccc(OC)cc4)c4ccccc4)cc2)C3=O)c2ccccc2)cc1. The van der Waals surface area contributed by atoms with E-state index in [0.717, 1.165) is 4.90 Å². The number of anilines is 1. The molecule has 0 N–H and O–H groups in total. The summed E-state index contributed by atoms with van der Waals surface area (Å²) in [5.74, 6) is -2.83. The number of esters is 2. The van der Waals surface area contributed by atoms with E-state index in [1.807, 2.05) is 0 Å². The summed E-state index contributed by atoms with van der Waals surface area (Å²) in [5, 5.41) is 0. The van der Waals surface area contributed by atoms with Crippen LogP contribution in [0, 0.1) is 0 Å². The number of Topliss-reactive ketones (excluding diaryl/α,β-unsaturated/α-hetero) is 2. The van der Waals surface area contributed by atoms with Crippen molar-refractivity contribution in [1.82, 2.24) is 0 Å². The summed E-state index contributed by atoms with van der Waals surface area (Å²) in [7, 11) is 3.02. The molecule has 11 heteroatoms. The quantitative estimate of drug-likeness (QED) is 0.0645. The molecule has 1 aliphatic heterocycles. The number of carbonyl (C=O) groups excluding carboxylic acids is 6. The van der Waals surface area contributed by atoms with Crippen LogP contribution in [-0.4, -0.2) is 49.5 Å². The lowest BCUT2D eigenvalue weighted by Crippen LogP contribution is -2.29. The van der Waals surface area contributed by atoms with Crippen molar-refractivity contribution in [3.05, 3.63) is 196 Å². The van der Waals surface area contributed by atoms with E-state index in [1.165, 1.54) is 56.7 Å². The van der Waals surface area contributed by atoms with Crippen LogP contribution < -0.4 is 14.4 Å². The molecule has 57 heavy (non-hydrogen) atoms. The molecule has 0 saturated heterocycles. The van der Waals surface area contributed by atoms with Gasteiger partial charge in [0.1, 0.15) is 11.5 Å². The summed E-state index contributed by atoms with van der Waals surface area (Å²) in [6, 6.07) is 39.5. The molecule has 0 spiro atoms. The monoisotopic (exact) mass is 759 g/mol. The maximum Gasteiger partial charge on any atom is 0.339 e. The first-order valence-corrected chi connectivity index (χ1v) is 17.7. The topological polar surface area (TPSA) is 143 Å². The minimum atomic E-state index is -1.30. The molecule has 2 amide bonds. The highest BCUT2D eigenvalue weighted by Crippen LogP contribution is 2.32. The number of methoxy groups -OCH3 is 2. The van der Waals surface area contributed by atoms with E-state index >= 15 is 0 Å². The van der Waals surface area contributed by atoms with Crippen molar-refractivity contribution in [3.63, 3.8) is 0 Å². The van der Waals surface area contributed by atoms with Crippen LogP contribution in [0.15, 0.2) is 152 Å². The number of nitrogens with zero attached hydrogens (tertiary/aromatic N) is 1. The second-order valence-corrected chi connectivity index (χ2v) is 12.8. The molecule has 6 aromatic carbocycles. The van der Waals surface area contributed by atoms with Crippen molar-refractivity contribution in [2.45, 2.75) is 12.2 Å². The number of carbonyl (C=O) groups is 6. The van der Waals surface area contributed by atoms with E-state index < -0.39 is 47.5 Å². The summed E-state index contributed by atoms with van der Waals surface area (Å²) in [6.45, 7) is 0. The van der Waals surface area contributed by atoms with Gasteiger partial charge in [-0.2, -0.15) is 0 Å². The molecule has 2 atom stereocenters. The Morgan fingerprint density at radius 1 is 0.456 bits per heavy atom. The van der Waals surface area contributed by atoms with Crippen LogP contribution in [0.2, 0.25) is 0 Å². The normalized spacial score (nSPS) is 12.9. The first-order valence-electron chi connectivity index (χ1n) is 17.7. The largest absolute Gasteiger partial charge is 0.497 e. The molecule has 1 heterocycles. The predicted octanol–water partition coefficient (Wildman–Crippen LogP) is 8.07. The highest BCUT2D eigenvalue weighted by molar-refractivity contribution is 6.34. The maximum atomic E-state index is 13.7. The van der Waals surface area contributed by atoms with Crippen LogP contribution in [-0.2, 0) is 9.47 Å². The van der Waals surface area contributed by atoms with Gasteiger partial charge < -0.3 is 18.9 Å². The molecule has 0 bridgehead atoms. The van der Waals surface area contributed by atoms with Gasteiger partial charge in [0, 0.05) is 22.3 Å². The molecule has 0 fully saturated rings. The third-order valence-electron chi connectivity index (χ3n) is 9.36. The second-order valence-electron chi connectivity index (χ2n) is 12.8. The number of ketones is 2. The fourth-order valence-electron chi connectivity index (χ4n) is 6.31. The standard InChI is InChI=1S/C46H33NO10/c1-54-35-22-15-28(16-23-35)39(48)41(30-9-5-3-6-10-30)56-45(52)32-13-20-34(21-14-32)47-43(50)37-26-19-33(27-38(37)44(47)51)46(53)57-42(31-11-7-4-8-12-31)40(49)29-17-24-36(55-2)25-18-29/h3-27,41-42H,1-2H3/t41-,42+/m1/s1. The van der Waals surface area contributed by atoms with Crippen molar-refractivity contribution < 1.29 is 47.7 Å². The molecule has 0 saturated carbocycles. The molecule has 6 aromatic rings. The molecular weight excluding hydrogens is 727 g/mol. The molecule has 0 aliphatic carbocycles. The van der Waals surface area contributed by atoms with Gasteiger partial charge in [0.25, 0.3) is 11.8 Å². The first-order chi connectivity index (χ1) is 27.7. The van der Waals surface area contributed by atoms with Gasteiger partial charge in [-0.15, -0.1) is 0 Å². The van der Waals surface area contributed by atoms with Gasteiger partial charge in [-0.1, -0.05) is 60.7 Å². The van der Waals surface area contributed by atoms with Crippen LogP contribution in [0.5, 0.6) is 11.5 Å². The van der Waals surface area contributed by atoms with Gasteiger partial charge >= 0.3 is 11.9 Å². The Morgan fingerprint density at radius 2 is 0.860 bits per heavy atom. The molecule has 7 rings (SSSR count). The van der Waals surface area contributed by atoms with Crippen LogP contribution in [0.25, 0.3) is 0 Å². The zero-order valence-corrected chi connectivity index (χ0v) is 30.6. The number of hydrogen-bond donors (Lipinski definition) is 0.